The highest BCUT2D eigenvalue weighted by molar-refractivity contribution is 8.00. The van der Waals surface area contributed by atoms with Crippen molar-refractivity contribution in [2.24, 2.45) is 0 Å². The van der Waals surface area contributed by atoms with E-state index >= 15 is 0 Å². The molecule has 0 bridgehead atoms. The van der Waals surface area contributed by atoms with Crippen LogP contribution in [0.4, 0.5) is 0 Å². The zero-order valence-electron chi connectivity index (χ0n) is 13.4. The van der Waals surface area contributed by atoms with Gasteiger partial charge in [-0.2, -0.15) is 0 Å². The second kappa shape index (κ2) is 7.49. The molecule has 1 aromatic carbocycles. The van der Waals surface area contributed by atoms with Gasteiger partial charge in [0.05, 0.1) is 19.3 Å². The predicted octanol–water partition coefficient (Wildman–Crippen LogP) is -0.936. The summed E-state index contributed by atoms with van der Waals surface area (Å²) >= 11 is 1.76. The van der Waals surface area contributed by atoms with Crippen molar-refractivity contribution in [1.82, 2.24) is 4.90 Å². The molecule has 120 valence electrons. The number of hydrogen-bond donors (Lipinski definition) is 2. The highest BCUT2D eigenvalue weighted by Crippen LogP contribution is 2.38. The smallest absolute Gasteiger partial charge is 0.233 e. The third-order valence-corrected chi connectivity index (χ3v) is 6.05. The third kappa shape index (κ3) is 3.83. The molecule has 2 N–H and O–H groups in total. The van der Waals surface area contributed by atoms with Gasteiger partial charge in [-0.3, -0.25) is 4.79 Å². The van der Waals surface area contributed by atoms with E-state index in [-0.39, 0.29) is 5.37 Å². The van der Waals surface area contributed by atoms with Gasteiger partial charge in [-0.1, -0.05) is 30.3 Å². The van der Waals surface area contributed by atoms with E-state index in [1.165, 1.54) is 38.3 Å². The molecule has 2 fully saturated rings. The zero-order valence-corrected chi connectivity index (χ0v) is 14.2. The average Bonchev–Trinajstić information content (AvgIpc) is 2.91. The van der Waals surface area contributed by atoms with Crippen LogP contribution in [-0.4, -0.2) is 62.9 Å². The molecular formula is C17H27N3OS+2. The number of rotatable bonds is 5. The fraction of sp³-hybridized carbons (Fsp3) is 0.588. The van der Waals surface area contributed by atoms with Gasteiger partial charge >= 0.3 is 0 Å². The zero-order chi connectivity index (χ0) is 15.4. The number of carbonyl (C=O) groups is 1. The van der Waals surface area contributed by atoms with Crippen LogP contribution in [0, 0.1) is 0 Å². The maximum Gasteiger partial charge on any atom is 0.233 e. The largest absolute Gasteiger partial charge is 0.328 e. The number of piperazine rings is 1. The Labute approximate surface area is 137 Å². The molecule has 0 aromatic heterocycles. The van der Waals surface area contributed by atoms with Crippen molar-refractivity contribution in [3.63, 3.8) is 0 Å². The number of quaternary nitrogens is 2. The average molecular weight is 321 g/mol. The van der Waals surface area contributed by atoms with Crippen molar-refractivity contribution in [1.29, 1.82) is 0 Å². The summed E-state index contributed by atoms with van der Waals surface area (Å²) in [5.74, 6) is 0.932. The molecule has 1 amide bonds. The van der Waals surface area contributed by atoms with Crippen LogP contribution in [0.25, 0.3) is 0 Å². The molecule has 4 nitrogen and oxygen atoms in total. The first-order valence-corrected chi connectivity index (χ1v) is 9.40. The Hall–Kier alpha value is -1.04. The van der Waals surface area contributed by atoms with Crippen molar-refractivity contribution in [2.75, 3.05) is 52.1 Å². The first-order chi connectivity index (χ1) is 10.7. The van der Waals surface area contributed by atoms with Gasteiger partial charge in [0.25, 0.3) is 0 Å². The van der Waals surface area contributed by atoms with Crippen LogP contribution in [-0.2, 0) is 4.79 Å². The molecule has 0 radical (unpaired) electrons. The lowest BCUT2D eigenvalue weighted by molar-refractivity contribution is -1.00. The highest BCUT2D eigenvalue weighted by atomic mass is 32.2. The van der Waals surface area contributed by atoms with Crippen LogP contribution >= 0.6 is 11.8 Å². The minimum absolute atomic E-state index is 0.223. The van der Waals surface area contributed by atoms with E-state index in [1.807, 2.05) is 6.07 Å². The number of likely N-dealkylation sites (N-methyl/N-ethyl adjacent to an activating group) is 1. The molecule has 2 saturated heterocycles. The molecule has 1 unspecified atom stereocenters. The second-order valence-electron chi connectivity index (χ2n) is 6.47. The Bertz CT molecular complexity index is 488. The summed E-state index contributed by atoms with van der Waals surface area (Å²) in [4.78, 5) is 17.6. The summed E-state index contributed by atoms with van der Waals surface area (Å²) in [6, 6.07) is 10.4. The van der Waals surface area contributed by atoms with E-state index in [4.69, 9.17) is 0 Å². The van der Waals surface area contributed by atoms with Gasteiger partial charge in [-0.15, -0.1) is 11.8 Å². The fourth-order valence-corrected chi connectivity index (χ4v) is 4.59. The quantitative estimate of drug-likeness (QED) is 0.733. The maximum atomic E-state index is 12.2. The van der Waals surface area contributed by atoms with Gasteiger partial charge in [-0.05, 0) is 5.56 Å². The van der Waals surface area contributed by atoms with Crippen LogP contribution in [0.2, 0.25) is 0 Å². The van der Waals surface area contributed by atoms with Crippen molar-refractivity contribution in [3.05, 3.63) is 35.9 Å². The van der Waals surface area contributed by atoms with Crippen LogP contribution in [0.1, 0.15) is 17.4 Å². The number of hydrogen-bond acceptors (Lipinski definition) is 2. The van der Waals surface area contributed by atoms with Crippen molar-refractivity contribution in [2.45, 2.75) is 11.8 Å². The number of nitrogens with one attached hydrogen (secondary N) is 2. The molecule has 5 heteroatoms. The first kappa shape index (κ1) is 15.8. The van der Waals surface area contributed by atoms with E-state index in [9.17, 15) is 4.79 Å². The minimum Gasteiger partial charge on any atom is -0.328 e. The van der Waals surface area contributed by atoms with Crippen molar-refractivity contribution < 1.29 is 14.6 Å². The lowest BCUT2D eigenvalue weighted by Crippen LogP contribution is -3.27. The Morgan fingerprint density at radius 1 is 1.18 bits per heavy atom. The predicted molar refractivity (Wildman–Crippen MR) is 90.2 cm³/mol. The van der Waals surface area contributed by atoms with Crippen LogP contribution in [0.3, 0.4) is 0 Å². The first-order valence-electron chi connectivity index (χ1n) is 8.35. The van der Waals surface area contributed by atoms with Crippen LogP contribution in [0.15, 0.2) is 30.3 Å². The van der Waals surface area contributed by atoms with E-state index in [2.05, 4.69) is 36.2 Å². The molecular weight excluding hydrogens is 294 g/mol. The summed E-state index contributed by atoms with van der Waals surface area (Å²) in [6.07, 6.45) is 1.12. The molecule has 3 rings (SSSR count). The normalized spacial score (nSPS) is 29.0. The molecule has 2 aliphatic heterocycles. The van der Waals surface area contributed by atoms with Gasteiger partial charge in [0.15, 0.2) is 0 Å². The van der Waals surface area contributed by atoms with Gasteiger partial charge in [0.1, 0.15) is 31.6 Å². The summed E-state index contributed by atoms with van der Waals surface area (Å²) in [5.41, 5.74) is 1.26. The summed E-state index contributed by atoms with van der Waals surface area (Å²) < 4.78 is 0. The van der Waals surface area contributed by atoms with E-state index in [1.54, 1.807) is 21.6 Å². The molecule has 0 aliphatic carbocycles. The Morgan fingerprint density at radius 2 is 1.91 bits per heavy atom. The van der Waals surface area contributed by atoms with Crippen molar-refractivity contribution in [3.8, 4) is 0 Å². The van der Waals surface area contributed by atoms with Gasteiger partial charge in [0, 0.05) is 13.0 Å². The number of benzene rings is 1. The Kier molecular flexibility index (Phi) is 5.39. The topological polar surface area (TPSA) is 29.2 Å². The van der Waals surface area contributed by atoms with E-state index in [0.717, 1.165) is 13.0 Å². The lowest BCUT2D eigenvalue weighted by atomic mass is 10.2. The van der Waals surface area contributed by atoms with Gasteiger partial charge in [0.2, 0.25) is 5.91 Å². The van der Waals surface area contributed by atoms with Crippen molar-refractivity contribution >= 4 is 17.7 Å². The minimum atomic E-state index is 0.223. The van der Waals surface area contributed by atoms with Crippen LogP contribution in [0.5, 0.6) is 0 Å². The van der Waals surface area contributed by atoms with Gasteiger partial charge < -0.3 is 14.7 Å². The molecule has 0 saturated carbocycles. The third-order valence-electron chi connectivity index (χ3n) is 4.79. The molecule has 2 aliphatic rings. The molecule has 1 aromatic rings. The monoisotopic (exact) mass is 321 g/mol. The second-order valence-corrected chi connectivity index (χ2v) is 7.54. The number of thioether (sulfide) groups is 1. The molecule has 0 spiro atoms. The SMILES string of the molecule is C[NH+]1CC[NH+](CCCN2C(=O)CSC2c2ccccc2)CC1. The summed E-state index contributed by atoms with van der Waals surface area (Å²) in [6.45, 7) is 7.20. The van der Waals surface area contributed by atoms with Crippen LogP contribution < -0.4 is 9.80 Å². The maximum absolute atomic E-state index is 12.2. The summed E-state index contributed by atoms with van der Waals surface area (Å²) in [5, 5.41) is 0.223. The molecule has 2 heterocycles. The van der Waals surface area contributed by atoms with E-state index < -0.39 is 0 Å². The molecule has 22 heavy (non-hydrogen) atoms. The lowest BCUT2D eigenvalue weighted by Gasteiger charge is -2.29. The fourth-order valence-electron chi connectivity index (χ4n) is 3.37. The number of amides is 1. The Morgan fingerprint density at radius 3 is 2.64 bits per heavy atom. The van der Waals surface area contributed by atoms with E-state index in [0.29, 0.717) is 11.7 Å². The molecule has 1 atom stereocenters. The number of nitrogens with zero attached hydrogens (tertiary/aromatic N) is 1. The number of carbonyl (C=O) groups excluding carboxylic acids is 1. The standard InChI is InChI=1S/C17H25N3OS/c1-18-10-12-19(13-11-18)8-5-9-20-16(21)14-22-17(20)15-6-3-2-4-7-15/h2-4,6-7,17H,5,8-14H2,1H3/p+2. The van der Waals surface area contributed by atoms with Gasteiger partial charge in [-0.25, -0.2) is 0 Å². The summed E-state index contributed by atoms with van der Waals surface area (Å²) in [7, 11) is 2.28. The highest BCUT2D eigenvalue weighted by Gasteiger charge is 2.32. The Balaban J connectivity index is 1.51.